The third-order valence-corrected chi connectivity index (χ3v) is 4.06. The highest BCUT2D eigenvalue weighted by atomic mass is 32.1. The Morgan fingerprint density at radius 2 is 2.33 bits per heavy atom. The number of thiazole rings is 1. The van der Waals surface area contributed by atoms with Crippen molar-refractivity contribution in [1.82, 2.24) is 19.9 Å². The number of nitrogens with zero attached hydrogens (tertiary/aromatic N) is 4. The normalized spacial score (nSPS) is 20.4. The van der Waals surface area contributed by atoms with Gasteiger partial charge in [-0.15, -0.1) is 11.3 Å². The minimum atomic E-state index is 0.477. The number of hydrogen-bond donors (Lipinski definition) is 0. The zero-order valence-corrected chi connectivity index (χ0v) is 11.2. The van der Waals surface area contributed by atoms with E-state index in [2.05, 4.69) is 19.9 Å². The van der Waals surface area contributed by atoms with Gasteiger partial charge < -0.3 is 0 Å². The van der Waals surface area contributed by atoms with Crippen molar-refractivity contribution >= 4 is 11.3 Å². The van der Waals surface area contributed by atoms with Crippen LogP contribution in [0.5, 0.6) is 0 Å². The lowest BCUT2D eigenvalue weighted by atomic mass is 10.1. The minimum absolute atomic E-state index is 0.477. The molecule has 2 aromatic rings. The SMILES string of the molecule is Cc1ccnc([C@H]2CCN(Cc3nccs3)C2)n1. The van der Waals surface area contributed by atoms with Crippen LogP contribution in [0.1, 0.15) is 28.9 Å². The van der Waals surface area contributed by atoms with E-state index < -0.39 is 0 Å². The van der Waals surface area contributed by atoms with Gasteiger partial charge in [0.1, 0.15) is 10.8 Å². The molecule has 0 spiro atoms. The van der Waals surface area contributed by atoms with E-state index in [1.54, 1.807) is 11.3 Å². The molecule has 3 heterocycles. The Hall–Kier alpha value is -1.33. The number of hydrogen-bond acceptors (Lipinski definition) is 5. The summed E-state index contributed by atoms with van der Waals surface area (Å²) in [6.45, 7) is 5.14. The second-order valence-electron chi connectivity index (χ2n) is 4.70. The summed E-state index contributed by atoms with van der Waals surface area (Å²) in [4.78, 5) is 15.7. The first kappa shape index (κ1) is 11.7. The van der Waals surface area contributed by atoms with Gasteiger partial charge in [0.15, 0.2) is 0 Å². The van der Waals surface area contributed by atoms with Crippen molar-refractivity contribution in [2.45, 2.75) is 25.8 Å². The van der Waals surface area contributed by atoms with E-state index in [1.807, 2.05) is 30.8 Å². The average Bonchev–Trinajstić information content (AvgIpc) is 3.01. The second-order valence-corrected chi connectivity index (χ2v) is 5.68. The van der Waals surface area contributed by atoms with Gasteiger partial charge in [-0.3, -0.25) is 4.90 Å². The largest absolute Gasteiger partial charge is 0.296 e. The molecule has 1 aliphatic heterocycles. The first-order valence-corrected chi connectivity index (χ1v) is 7.09. The van der Waals surface area contributed by atoms with Crippen LogP contribution in [-0.4, -0.2) is 32.9 Å². The maximum atomic E-state index is 4.54. The average molecular weight is 260 g/mol. The molecule has 2 aromatic heterocycles. The summed E-state index contributed by atoms with van der Waals surface area (Å²) in [7, 11) is 0. The van der Waals surface area contributed by atoms with Crippen molar-refractivity contribution in [3.63, 3.8) is 0 Å². The second kappa shape index (κ2) is 5.12. The van der Waals surface area contributed by atoms with Crippen molar-refractivity contribution in [3.8, 4) is 0 Å². The number of likely N-dealkylation sites (tertiary alicyclic amines) is 1. The molecule has 94 valence electrons. The molecule has 0 bridgehead atoms. The quantitative estimate of drug-likeness (QED) is 0.848. The monoisotopic (exact) mass is 260 g/mol. The predicted octanol–water partition coefficient (Wildman–Crippen LogP) is 2.23. The van der Waals surface area contributed by atoms with Gasteiger partial charge in [0, 0.05) is 35.9 Å². The van der Waals surface area contributed by atoms with E-state index in [0.717, 1.165) is 37.6 Å². The third kappa shape index (κ3) is 2.57. The Labute approximate surface area is 111 Å². The highest BCUT2D eigenvalue weighted by molar-refractivity contribution is 7.09. The highest BCUT2D eigenvalue weighted by Crippen LogP contribution is 2.26. The van der Waals surface area contributed by atoms with Gasteiger partial charge in [0.05, 0.1) is 6.54 Å². The maximum absolute atomic E-state index is 4.54. The molecule has 5 heteroatoms. The molecule has 0 unspecified atom stereocenters. The zero-order valence-electron chi connectivity index (χ0n) is 10.4. The molecule has 0 amide bonds. The molecule has 1 aliphatic rings. The summed E-state index contributed by atoms with van der Waals surface area (Å²) in [5.74, 6) is 1.47. The van der Waals surface area contributed by atoms with Crippen LogP contribution in [0.2, 0.25) is 0 Å². The van der Waals surface area contributed by atoms with Gasteiger partial charge in [0.2, 0.25) is 0 Å². The lowest BCUT2D eigenvalue weighted by Gasteiger charge is -2.13. The molecule has 18 heavy (non-hydrogen) atoms. The number of rotatable bonds is 3. The summed E-state index contributed by atoms with van der Waals surface area (Å²) in [5, 5.41) is 3.23. The Kier molecular flexibility index (Phi) is 3.34. The topological polar surface area (TPSA) is 41.9 Å². The Morgan fingerprint density at radius 3 is 3.11 bits per heavy atom. The first-order chi connectivity index (χ1) is 8.81. The van der Waals surface area contributed by atoms with Crippen molar-refractivity contribution < 1.29 is 0 Å². The van der Waals surface area contributed by atoms with Crippen LogP contribution < -0.4 is 0 Å². The third-order valence-electron chi connectivity index (χ3n) is 3.29. The van der Waals surface area contributed by atoms with Gasteiger partial charge in [-0.25, -0.2) is 15.0 Å². The molecule has 1 fully saturated rings. The van der Waals surface area contributed by atoms with Crippen LogP contribution >= 0.6 is 11.3 Å². The Balaban J connectivity index is 1.65. The number of aromatic nitrogens is 3. The molecule has 4 nitrogen and oxygen atoms in total. The van der Waals surface area contributed by atoms with E-state index in [9.17, 15) is 0 Å². The Bertz CT molecular complexity index is 511. The fraction of sp³-hybridized carbons (Fsp3) is 0.462. The van der Waals surface area contributed by atoms with Gasteiger partial charge in [-0.05, 0) is 26.0 Å². The number of aryl methyl sites for hydroxylation is 1. The van der Waals surface area contributed by atoms with E-state index in [4.69, 9.17) is 0 Å². The van der Waals surface area contributed by atoms with E-state index in [1.165, 1.54) is 5.01 Å². The molecule has 3 rings (SSSR count). The van der Waals surface area contributed by atoms with Crippen LogP contribution in [0.4, 0.5) is 0 Å². The van der Waals surface area contributed by atoms with Crippen LogP contribution in [0.3, 0.4) is 0 Å². The molecule has 1 saturated heterocycles. The lowest BCUT2D eigenvalue weighted by Crippen LogP contribution is -2.20. The van der Waals surface area contributed by atoms with Gasteiger partial charge in [-0.2, -0.15) is 0 Å². The summed E-state index contributed by atoms with van der Waals surface area (Å²) in [5.41, 5.74) is 1.05. The molecule has 1 atom stereocenters. The smallest absolute Gasteiger partial charge is 0.132 e. The van der Waals surface area contributed by atoms with E-state index in [-0.39, 0.29) is 0 Å². The molecular formula is C13H16N4S. The van der Waals surface area contributed by atoms with E-state index in [0.29, 0.717) is 5.92 Å². The van der Waals surface area contributed by atoms with Gasteiger partial charge in [0.25, 0.3) is 0 Å². The maximum Gasteiger partial charge on any atom is 0.132 e. The first-order valence-electron chi connectivity index (χ1n) is 6.21. The van der Waals surface area contributed by atoms with Crippen LogP contribution in [0.15, 0.2) is 23.8 Å². The van der Waals surface area contributed by atoms with Crippen LogP contribution in [-0.2, 0) is 6.54 Å². The predicted molar refractivity (Wildman–Crippen MR) is 71.5 cm³/mol. The van der Waals surface area contributed by atoms with Crippen molar-refractivity contribution in [3.05, 3.63) is 40.4 Å². The molecule has 0 N–H and O–H groups in total. The minimum Gasteiger partial charge on any atom is -0.296 e. The summed E-state index contributed by atoms with van der Waals surface area (Å²) in [6.07, 6.45) is 4.88. The lowest BCUT2D eigenvalue weighted by molar-refractivity contribution is 0.325. The summed E-state index contributed by atoms with van der Waals surface area (Å²) in [6, 6.07) is 1.95. The van der Waals surface area contributed by atoms with Crippen LogP contribution in [0.25, 0.3) is 0 Å². The van der Waals surface area contributed by atoms with Gasteiger partial charge in [-0.1, -0.05) is 0 Å². The van der Waals surface area contributed by atoms with Crippen molar-refractivity contribution in [2.75, 3.05) is 13.1 Å². The summed E-state index contributed by atoms with van der Waals surface area (Å²) < 4.78 is 0. The molecule has 0 aromatic carbocycles. The van der Waals surface area contributed by atoms with Crippen molar-refractivity contribution in [1.29, 1.82) is 0 Å². The standard InChI is InChI=1S/C13H16N4S/c1-10-2-4-15-13(16-10)11-3-6-17(8-11)9-12-14-5-7-18-12/h2,4-5,7,11H,3,6,8-9H2,1H3/t11-/m0/s1. The molecule has 0 radical (unpaired) electrons. The molecule has 0 aliphatic carbocycles. The van der Waals surface area contributed by atoms with E-state index >= 15 is 0 Å². The molecule has 0 saturated carbocycles. The zero-order chi connectivity index (χ0) is 12.4. The fourth-order valence-electron chi connectivity index (χ4n) is 2.37. The van der Waals surface area contributed by atoms with Crippen molar-refractivity contribution in [2.24, 2.45) is 0 Å². The fourth-order valence-corrected chi connectivity index (χ4v) is 3.03. The highest BCUT2D eigenvalue weighted by Gasteiger charge is 2.26. The van der Waals surface area contributed by atoms with Crippen LogP contribution in [0, 0.1) is 6.92 Å². The Morgan fingerprint density at radius 1 is 1.39 bits per heavy atom. The van der Waals surface area contributed by atoms with Gasteiger partial charge >= 0.3 is 0 Å². The molecular weight excluding hydrogens is 244 g/mol. The summed E-state index contributed by atoms with van der Waals surface area (Å²) >= 11 is 1.73.